The third-order valence-corrected chi connectivity index (χ3v) is 3.36. The van der Waals surface area contributed by atoms with E-state index in [2.05, 4.69) is 5.32 Å². The first-order valence-corrected chi connectivity index (χ1v) is 7.63. The fraction of sp³-hybridized carbons (Fsp3) is 0.176. The topological polar surface area (TPSA) is 64.6 Å². The van der Waals surface area contributed by atoms with Crippen molar-refractivity contribution < 1.29 is 32.2 Å². The predicted octanol–water partition coefficient (Wildman–Crippen LogP) is 3.92. The summed E-state index contributed by atoms with van der Waals surface area (Å²) >= 11 is 5.76. The molecule has 5 nitrogen and oxygen atoms in total. The van der Waals surface area contributed by atoms with Crippen LogP contribution in [0.2, 0.25) is 5.02 Å². The fourth-order valence-corrected chi connectivity index (χ4v) is 2.00. The highest BCUT2D eigenvalue weighted by atomic mass is 35.5. The zero-order chi connectivity index (χ0) is 19.2. The van der Waals surface area contributed by atoms with Crippen molar-refractivity contribution in [2.45, 2.75) is 6.18 Å². The smallest absolute Gasteiger partial charge is 0.416 e. The van der Waals surface area contributed by atoms with Crippen molar-refractivity contribution in [2.75, 3.05) is 18.5 Å². The standard InChI is InChI=1S/C17H13ClF3NO4/c18-13-7-6-11(17(19,20)21)8-14(13)22-15(23)9-26-16(24)10-25-12-4-2-1-3-5-12/h1-8H,9-10H2,(H,22,23). The fourth-order valence-electron chi connectivity index (χ4n) is 1.83. The zero-order valence-corrected chi connectivity index (χ0v) is 13.9. The van der Waals surface area contributed by atoms with E-state index in [0.29, 0.717) is 11.8 Å². The van der Waals surface area contributed by atoms with Crippen molar-refractivity contribution in [1.82, 2.24) is 0 Å². The van der Waals surface area contributed by atoms with Crippen LogP contribution in [0.4, 0.5) is 18.9 Å². The van der Waals surface area contributed by atoms with Gasteiger partial charge in [-0.1, -0.05) is 29.8 Å². The molecule has 0 spiro atoms. The lowest BCUT2D eigenvalue weighted by Crippen LogP contribution is -2.24. The lowest BCUT2D eigenvalue weighted by molar-refractivity contribution is -0.149. The van der Waals surface area contributed by atoms with E-state index in [9.17, 15) is 22.8 Å². The first-order chi connectivity index (χ1) is 12.3. The van der Waals surface area contributed by atoms with Gasteiger partial charge in [0.2, 0.25) is 0 Å². The Labute approximate surface area is 151 Å². The first-order valence-electron chi connectivity index (χ1n) is 7.26. The highest BCUT2D eigenvalue weighted by molar-refractivity contribution is 6.33. The van der Waals surface area contributed by atoms with Gasteiger partial charge in [0.05, 0.1) is 16.3 Å². The molecule has 0 bridgehead atoms. The van der Waals surface area contributed by atoms with Crippen molar-refractivity contribution in [3.8, 4) is 5.75 Å². The lowest BCUT2D eigenvalue weighted by atomic mass is 10.2. The molecule has 0 aliphatic heterocycles. The van der Waals surface area contributed by atoms with Gasteiger partial charge in [-0.3, -0.25) is 4.79 Å². The molecule has 0 radical (unpaired) electrons. The summed E-state index contributed by atoms with van der Waals surface area (Å²) in [6, 6.07) is 11.0. The summed E-state index contributed by atoms with van der Waals surface area (Å²) in [6.07, 6.45) is -4.58. The summed E-state index contributed by atoms with van der Waals surface area (Å²) in [5.74, 6) is -1.19. The van der Waals surface area contributed by atoms with Gasteiger partial charge in [0, 0.05) is 0 Å². The molecular formula is C17H13ClF3NO4. The summed E-state index contributed by atoms with van der Waals surface area (Å²) < 4.78 is 47.9. The first kappa shape index (κ1) is 19.6. The normalized spacial score (nSPS) is 10.9. The van der Waals surface area contributed by atoms with Crippen LogP contribution in [0.25, 0.3) is 0 Å². The minimum Gasteiger partial charge on any atom is -0.482 e. The SMILES string of the molecule is O=C(COC(=O)COc1ccccc1)Nc1cc(C(F)(F)F)ccc1Cl. The number of rotatable bonds is 6. The van der Waals surface area contributed by atoms with Crippen LogP contribution >= 0.6 is 11.6 Å². The van der Waals surface area contributed by atoms with Crippen molar-refractivity contribution in [1.29, 1.82) is 0 Å². The maximum atomic E-state index is 12.7. The summed E-state index contributed by atoms with van der Waals surface area (Å²) in [5.41, 5.74) is -1.20. The zero-order valence-electron chi connectivity index (χ0n) is 13.2. The maximum absolute atomic E-state index is 12.7. The van der Waals surface area contributed by atoms with Crippen LogP contribution in [-0.2, 0) is 20.5 Å². The third-order valence-electron chi connectivity index (χ3n) is 3.03. The molecule has 1 amide bonds. The minimum absolute atomic E-state index is 0.0786. The van der Waals surface area contributed by atoms with Crippen molar-refractivity contribution >= 4 is 29.2 Å². The van der Waals surface area contributed by atoms with Gasteiger partial charge in [-0.05, 0) is 30.3 Å². The van der Waals surface area contributed by atoms with Gasteiger partial charge in [-0.25, -0.2) is 4.79 Å². The second-order valence-electron chi connectivity index (χ2n) is 5.00. The van der Waals surface area contributed by atoms with Crippen LogP contribution in [0.3, 0.4) is 0 Å². The van der Waals surface area contributed by atoms with Crippen molar-refractivity contribution in [3.63, 3.8) is 0 Å². The number of hydrogen-bond donors (Lipinski definition) is 1. The number of alkyl halides is 3. The molecule has 0 heterocycles. The molecule has 26 heavy (non-hydrogen) atoms. The van der Waals surface area contributed by atoms with Gasteiger partial charge in [-0.15, -0.1) is 0 Å². The van der Waals surface area contributed by atoms with Crippen LogP contribution in [0.5, 0.6) is 5.75 Å². The molecule has 2 aromatic rings. The molecule has 2 rings (SSSR count). The van der Waals surface area contributed by atoms with Crippen LogP contribution in [0.15, 0.2) is 48.5 Å². The largest absolute Gasteiger partial charge is 0.482 e. The molecule has 0 unspecified atom stereocenters. The Morgan fingerprint density at radius 1 is 1.04 bits per heavy atom. The Morgan fingerprint density at radius 3 is 2.38 bits per heavy atom. The average Bonchev–Trinajstić information content (AvgIpc) is 2.60. The molecule has 0 atom stereocenters. The number of hydrogen-bond acceptors (Lipinski definition) is 4. The number of carbonyl (C=O) groups excluding carboxylic acids is 2. The van der Waals surface area contributed by atoms with E-state index in [1.54, 1.807) is 30.3 Å². The van der Waals surface area contributed by atoms with E-state index in [1.165, 1.54) is 0 Å². The van der Waals surface area contributed by atoms with E-state index >= 15 is 0 Å². The third kappa shape index (κ3) is 5.96. The summed E-state index contributed by atoms with van der Waals surface area (Å²) in [5, 5.41) is 2.08. The molecule has 1 N–H and O–H groups in total. The number of benzene rings is 2. The molecule has 0 aromatic heterocycles. The second-order valence-corrected chi connectivity index (χ2v) is 5.41. The van der Waals surface area contributed by atoms with E-state index < -0.39 is 36.8 Å². The molecule has 0 saturated heterocycles. The van der Waals surface area contributed by atoms with Gasteiger partial charge >= 0.3 is 12.1 Å². The van der Waals surface area contributed by atoms with E-state index in [0.717, 1.165) is 12.1 Å². The minimum atomic E-state index is -4.58. The summed E-state index contributed by atoms with van der Waals surface area (Å²) in [4.78, 5) is 23.3. The monoisotopic (exact) mass is 387 g/mol. The van der Waals surface area contributed by atoms with Gasteiger partial charge in [0.15, 0.2) is 13.2 Å². The lowest BCUT2D eigenvalue weighted by Gasteiger charge is -2.12. The molecule has 2 aromatic carbocycles. The Morgan fingerprint density at radius 2 is 1.73 bits per heavy atom. The molecule has 0 fully saturated rings. The number of ether oxygens (including phenoxy) is 2. The number of nitrogens with one attached hydrogen (secondary N) is 1. The number of amides is 1. The number of carbonyl (C=O) groups is 2. The molecule has 138 valence electrons. The Hall–Kier alpha value is -2.74. The molecule has 0 aliphatic rings. The molecule has 0 saturated carbocycles. The number of para-hydroxylation sites is 1. The van der Waals surface area contributed by atoms with Crippen molar-refractivity contribution in [2.24, 2.45) is 0 Å². The molecule has 0 aliphatic carbocycles. The Balaban J connectivity index is 1.84. The maximum Gasteiger partial charge on any atom is 0.416 e. The number of halogens is 4. The highest BCUT2D eigenvalue weighted by Crippen LogP contribution is 2.33. The van der Waals surface area contributed by atoms with Gasteiger partial charge in [0.1, 0.15) is 5.75 Å². The molecular weight excluding hydrogens is 375 g/mol. The van der Waals surface area contributed by atoms with Gasteiger partial charge in [-0.2, -0.15) is 13.2 Å². The van der Waals surface area contributed by atoms with E-state index in [4.69, 9.17) is 21.1 Å². The number of esters is 1. The quantitative estimate of drug-likeness (QED) is 0.763. The number of anilines is 1. The van der Waals surface area contributed by atoms with E-state index in [1.807, 2.05) is 0 Å². The van der Waals surface area contributed by atoms with Crippen LogP contribution in [0.1, 0.15) is 5.56 Å². The highest BCUT2D eigenvalue weighted by Gasteiger charge is 2.31. The van der Waals surface area contributed by atoms with Gasteiger partial charge < -0.3 is 14.8 Å². The Bertz CT molecular complexity index is 781. The van der Waals surface area contributed by atoms with E-state index in [-0.39, 0.29) is 10.7 Å². The Kier molecular flexibility index (Phi) is 6.46. The molecule has 9 heteroatoms. The van der Waals surface area contributed by atoms with Crippen LogP contribution in [0, 0.1) is 0 Å². The average molecular weight is 388 g/mol. The second kappa shape index (κ2) is 8.57. The predicted molar refractivity (Wildman–Crippen MR) is 88.0 cm³/mol. The summed E-state index contributed by atoms with van der Waals surface area (Å²) in [7, 11) is 0. The summed E-state index contributed by atoms with van der Waals surface area (Å²) in [6.45, 7) is -1.11. The van der Waals surface area contributed by atoms with Crippen LogP contribution < -0.4 is 10.1 Å². The van der Waals surface area contributed by atoms with Crippen LogP contribution in [-0.4, -0.2) is 25.1 Å². The van der Waals surface area contributed by atoms with Crippen molar-refractivity contribution in [3.05, 3.63) is 59.1 Å². The van der Waals surface area contributed by atoms with Gasteiger partial charge in [0.25, 0.3) is 5.91 Å².